The Morgan fingerprint density at radius 1 is 1.07 bits per heavy atom. The normalized spacial score (nSPS) is 24.0. The van der Waals surface area contributed by atoms with Crippen molar-refractivity contribution in [2.24, 2.45) is 5.92 Å². The maximum atomic E-state index is 13.8. The zero-order chi connectivity index (χ0) is 32.0. The Morgan fingerprint density at radius 3 is 2.53 bits per heavy atom. The number of nitrogens with one attached hydrogen (secondary N) is 2. The van der Waals surface area contributed by atoms with Crippen molar-refractivity contribution in [3.05, 3.63) is 60.2 Å². The van der Waals surface area contributed by atoms with Gasteiger partial charge in [0, 0.05) is 24.7 Å². The molecule has 5 rings (SSSR count). The van der Waals surface area contributed by atoms with Gasteiger partial charge in [0.2, 0.25) is 10.0 Å². The van der Waals surface area contributed by atoms with Crippen LogP contribution in [0, 0.1) is 5.92 Å². The van der Waals surface area contributed by atoms with E-state index in [1.165, 1.54) is 17.0 Å². The molecule has 2 aliphatic heterocycles. The van der Waals surface area contributed by atoms with E-state index in [2.05, 4.69) is 10.0 Å². The van der Waals surface area contributed by atoms with E-state index >= 15 is 0 Å². The summed E-state index contributed by atoms with van der Waals surface area (Å²) in [5, 5.41) is 25.9. The molecule has 2 heterocycles. The Labute approximate surface area is 265 Å². The summed E-state index contributed by atoms with van der Waals surface area (Å²) in [5.41, 5.74) is 1.44. The second kappa shape index (κ2) is 15.2. The van der Waals surface area contributed by atoms with Crippen molar-refractivity contribution in [3.63, 3.8) is 0 Å². The van der Waals surface area contributed by atoms with Gasteiger partial charge in [0.15, 0.2) is 6.29 Å². The molecule has 2 saturated heterocycles. The van der Waals surface area contributed by atoms with Gasteiger partial charge in [-0.2, -0.15) is 4.72 Å². The molecule has 0 spiro atoms. The second-order valence-electron chi connectivity index (χ2n) is 12.4. The molecule has 0 radical (unpaired) electrons. The van der Waals surface area contributed by atoms with E-state index in [1.54, 1.807) is 12.1 Å². The van der Waals surface area contributed by atoms with Crippen LogP contribution >= 0.6 is 0 Å². The van der Waals surface area contributed by atoms with E-state index in [1.807, 2.05) is 49.3 Å². The first-order chi connectivity index (χ1) is 21.6. The van der Waals surface area contributed by atoms with Crippen LogP contribution in [0.5, 0.6) is 0 Å². The molecule has 13 heteroatoms. The maximum Gasteiger partial charge on any atom is 0.407 e. The van der Waals surface area contributed by atoms with E-state index in [4.69, 9.17) is 14.2 Å². The number of rotatable bonds is 15. The number of likely N-dealkylation sites (N-methyl/N-ethyl adjacent to an activating group) is 1. The number of benzene rings is 2. The fraction of sp³-hybridized carbons (Fsp3) is 0.594. The monoisotopic (exact) mass is 646 g/mol. The molecular formula is C32H46N4O8S. The number of fused-ring (bicyclic) bond motifs is 1. The number of nitrogens with zero attached hydrogens (tertiary/aromatic N) is 2. The summed E-state index contributed by atoms with van der Waals surface area (Å²) in [6.45, 7) is 1.97. The molecule has 3 aliphatic rings. The van der Waals surface area contributed by atoms with Crippen molar-refractivity contribution < 1.29 is 37.6 Å². The van der Waals surface area contributed by atoms with Crippen LogP contribution in [0.25, 0.3) is 0 Å². The quantitative estimate of drug-likeness (QED) is 0.213. The fourth-order valence-corrected chi connectivity index (χ4v) is 7.70. The van der Waals surface area contributed by atoms with E-state index < -0.39 is 46.8 Å². The van der Waals surface area contributed by atoms with Gasteiger partial charge in [0.05, 0.1) is 36.3 Å². The van der Waals surface area contributed by atoms with Crippen molar-refractivity contribution in [2.45, 2.75) is 80.2 Å². The van der Waals surface area contributed by atoms with E-state index in [0.717, 1.165) is 37.8 Å². The highest BCUT2D eigenvalue weighted by Gasteiger charge is 2.50. The number of ether oxygens (including phenoxy) is 3. The third kappa shape index (κ3) is 8.53. The Balaban J connectivity index is 1.45. The first-order valence-corrected chi connectivity index (χ1v) is 17.2. The van der Waals surface area contributed by atoms with Crippen LogP contribution in [-0.2, 0) is 30.7 Å². The molecule has 12 nitrogen and oxygen atoms in total. The lowest BCUT2D eigenvalue weighted by molar-refractivity contribution is -0.108. The summed E-state index contributed by atoms with van der Waals surface area (Å²) in [4.78, 5) is 16.2. The van der Waals surface area contributed by atoms with E-state index in [0.29, 0.717) is 25.3 Å². The topological polar surface area (TPSA) is 150 Å². The van der Waals surface area contributed by atoms with Crippen LogP contribution < -0.4 is 10.0 Å². The number of carboxylic acid groups (broad SMARTS) is 1. The Kier molecular flexibility index (Phi) is 11.3. The predicted octanol–water partition coefficient (Wildman–Crippen LogP) is 2.94. The average molecular weight is 647 g/mol. The SMILES string of the molecule is CN(C)CCNc1cccc(S(=O)(=O)N[C@H](OC2CCCC2)[C@H](O)[C@H](Cc2ccccc2)N(C(=O)O)C2CO[C@H]3OCC[C@@H]23)c1. The number of amides is 1. The number of aliphatic hydroxyl groups excluding tert-OH is 1. The lowest BCUT2D eigenvalue weighted by Crippen LogP contribution is -2.61. The number of hydrogen-bond acceptors (Lipinski definition) is 9. The molecule has 3 fully saturated rings. The van der Waals surface area contributed by atoms with Crippen LogP contribution in [0.15, 0.2) is 59.5 Å². The van der Waals surface area contributed by atoms with Crippen molar-refractivity contribution >= 4 is 21.8 Å². The zero-order valence-electron chi connectivity index (χ0n) is 26.0. The molecule has 45 heavy (non-hydrogen) atoms. The molecule has 4 N–H and O–H groups in total. The number of aliphatic hydroxyl groups is 1. The molecule has 1 aliphatic carbocycles. The standard InChI is InChI=1S/C32H46N4O8S/c1-35(2)17-16-33-23-11-8-14-25(20-23)45(40,41)34-30(44-24-12-6-7-13-24)29(37)27(19-22-9-4-3-5-10-22)36(32(38)39)28-21-43-31-26(28)15-18-42-31/h3-5,8-11,14,20,24,26-31,33-34,37H,6-7,12-13,15-19,21H2,1-2H3,(H,38,39)/t26-,27-,28?,29+,30+,31+/m0/s1. The van der Waals surface area contributed by atoms with Crippen molar-refractivity contribution in [3.8, 4) is 0 Å². The minimum absolute atomic E-state index is 0.00872. The molecular weight excluding hydrogens is 600 g/mol. The van der Waals surface area contributed by atoms with Gasteiger partial charge in [-0.15, -0.1) is 0 Å². The number of carbonyl (C=O) groups is 1. The molecule has 1 unspecified atom stereocenters. The molecule has 248 valence electrons. The zero-order valence-corrected chi connectivity index (χ0v) is 26.8. The number of anilines is 1. The smallest absolute Gasteiger partial charge is 0.407 e. The summed E-state index contributed by atoms with van der Waals surface area (Å²) in [6.07, 6.45) is -0.887. The largest absolute Gasteiger partial charge is 0.465 e. The van der Waals surface area contributed by atoms with Gasteiger partial charge in [-0.05, 0) is 63.5 Å². The molecule has 0 aromatic heterocycles. The van der Waals surface area contributed by atoms with Gasteiger partial charge >= 0.3 is 6.09 Å². The third-order valence-corrected chi connectivity index (χ3v) is 10.3. The summed E-state index contributed by atoms with van der Waals surface area (Å²) in [5.74, 6) is -0.194. The minimum atomic E-state index is -4.19. The predicted molar refractivity (Wildman–Crippen MR) is 168 cm³/mol. The van der Waals surface area contributed by atoms with Crippen LogP contribution in [0.3, 0.4) is 0 Å². The van der Waals surface area contributed by atoms with Gasteiger partial charge in [0.25, 0.3) is 0 Å². The van der Waals surface area contributed by atoms with Crippen molar-refractivity contribution in [2.75, 3.05) is 45.7 Å². The summed E-state index contributed by atoms with van der Waals surface area (Å²) < 4.78 is 48.1. The highest BCUT2D eigenvalue weighted by atomic mass is 32.2. The van der Waals surface area contributed by atoms with Gasteiger partial charge in [0.1, 0.15) is 12.3 Å². The van der Waals surface area contributed by atoms with Crippen LogP contribution in [0.1, 0.15) is 37.7 Å². The Morgan fingerprint density at radius 2 is 1.82 bits per heavy atom. The molecule has 2 aromatic carbocycles. The van der Waals surface area contributed by atoms with Crippen LogP contribution in [-0.4, -0.2) is 112 Å². The van der Waals surface area contributed by atoms with Gasteiger partial charge < -0.3 is 34.6 Å². The van der Waals surface area contributed by atoms with E-state index in [9.17, 15) is 23.4 Å². The van der Waals surface area contributed by atoms with Crippen molar-refractivity contribution in [1.82, 2.24) is 14.5 Å². The third-order valence-electron chi connectivity index (χ3n) is 8.88. The first-order valence-electron chi connectivity index (χ1n) is 15.8. The Bertz CT molecular complexity index is 1360. The summed E-state index contributed by atoms with van der Waals surface area (Å²) in [7, 11) is -0.278. The maximum absolute atomic E-state index is 13.8. The summed E-state index contributed by atoms with van der Waals surface area (Å²) >= 11 is 0. The van der Waals surface area contributed by atoms with Gasteiger partial charge in [-0.25, -0.2) is 13.2 Å². The van der Waals surface area contributed by atoms with Crippen LogP contribution in [0.2, 0.25) is 0 Å². The van der Waals surface area contributed by atoms with Gasteiger partial charge in [-0.3, -0.25) is 4.90 Å². The average Bonchev–Trinajstić information content (AvgIpc) is 3.77. The molecule has 0 bridgehead atoms. The molecule has 1 amide bonds. The van der Waals surface area contributed by atoms with Crippen molar-refractivity contribution in [1.29, 1.82) is 0 Å². The highest BCUT2D eigenvalue weighted by molar-refractivity contribution is 7.89. The second-order valence-corrected chi connectivity index (χ2v) is 14.1. The Hall–Kier alpha value is -2.78. The van der Waals surface area contributed by atoms with E-state index in [-0.39, 0.29) is 29.9 Å². The summed E-state index contributed by atoms with van der Waals surface area (Å²) in [6, 6.07) is 14.1. The highest BCUT2D eigenvalue weighted by Crippen LogP contribution is 2.36. The molecule has 1 saturated carbocycles. The molecule has 6 atom stereocenters. The first kappa shape index (κ1) is 33.6. The lowest BCUT2D eigenvalue weighted by Gasteiger charge is -2.41. The number of hydrogen-bond donors (Lipinski definition) is 4. The fourth-order valence-electron chi connectivity index (χ4n) is 6.53. The lowest BCUT2D eigenvalue weighted by atomic mass is 9.93. The van der Waals surface area contributed by atoms with Gasteiger partial charge in [-0.1, -0.05) is 49.2 Å². The number of sulfonamides is 1. The minimum Gasteiger partial charge on any atom is -0.465 e. The van der Waals surface area contributed by atoms with Crippen LogP contribution in [0.4, 0.5) is 10.5 Å². The molecule has 2 aromatic rings.